The lowest BCUT2D eigenvalue weighted by Crippen LogP contribution is -2.50. The number of rotatable bonds is 3. The van der Waals surface area contributed by atoms with Crippen molar-refractivity contribution in [1.82, 2.24) is 5.32 Å². The first-order valence-electron chi connectivity index (χ1n) is 3.96. The van der Waals surface area contributed by atoms with E-state index in [1.54, 1.807) is 0 Å². The van der Waals surface area contributed by atoms with Gasteiger partial charge in [0.25, 0.3) is 0 Å². The summed E-state index contributed by atoms with van der Waals surface area (Å²) in [7, 11) is 0. The molecule has 1 fully saturated rings. The van der Waals surface area contributed by atoms with Crippen LogP contribution in [0.4, 0.5) is 0 Å². The Balaban J connectivity index is 1.98. The van der Waals surface area contributed by atoms with Crippen LogP contribution in [0.15, 0.2) is 0 Å². The topological polar surface area (TPSA) is 39.7 Å². The Morgan fingerprint density at radius 2 is 2.44 bits per heavy atom. The van der Waals surface area contributed by atoms with E-state index in [4.69, 9.17) is 0 Å². The lowest BCUT2D eigenvalue weighted by Gasteiger charge is -2.06. The zero-order chi connectivity index (χ0) is 6.53. The van der Waals surface area contributed by atoms with Crippen LogP contribution in [-0.4, -0.2) is 19.1 Å². The standard InChI is InChI=1S/C7H16N2/c8-5-1-3-7-4-2-6-9-7/h7,9H,1-6,8H2/p+1. The fourth-order valence-electron chi connectivity index (χ4n) is 1.39. The zero-order valence-electron chi connectivity index (χ0n) is 6.03. The Morgan fingerprint density at radius 1 is 1.56 bits per heavy atom. The molecule has 0 bridgehead atoms. The first-order valence-corrected chi connectivity index (χ1v) is 3.96. The van der Waals surface area contributed by atoms with Gasteiger partial charge in [-0.2, -0.15) is 0 Å². The maximum atomic E-state index is 3.82. The quantitative estimate of drug-likeness (QED) is 0.542. The molecule has 1 aliphatic rings. The van der Waals surface area contributed by atoms with Crippen LogP contribution in [0, 0.1) is 0 Å². The van der Waals surface area contributed by atoms with Crippen LogP contribution in [0.1, 0.15) is 25.7 Å². The Hall–Kier alpha value is -0.0800. The Morgan fingerprint density at radius 3 is 3.00 bits per heavy atom. The highest BCUT2D eigenvalue weighted by atomic mass is 14.9. The SMILES string of the molecule is [NH3+]CCCC1CCCN1. The van der Waals surface area contributed by atoms with Crippen molar-refractivity contribution in [3.63, 3.8) is 0 Å². The van der Waals surface area contributed by atoms with Crippen LogP contribution in [0.25, 0.3) is 0 Å². The third-order valence-corrected chi connectivity index (χ3v) is 1.96. The Kier molecular flexibility index (Phi) is 3.01. The molecule has 0 radical (unpaired) electrons. The molecule has 1 rings (SSSR count). The minimum absolute atomic E-state index is 0.826. The van der Waals surface area contributed by atoms with Crippen LogP contribution >= 0.6 is 0 Å². The molecule has 4 N–H and O–H groups in total. The average molecular weight is 129 g/mol. The van der Waals surface area contributed by atoms with E-state index >= 15 is 0 Å². The van der Waals surface area contributed by atoms with Gasteiger partial charge in [-0.15, -0.1) is 0 Å². The summed E-state index contributed by atoms with van der Waals surface area (Å²) in [6, 6.07) is 0.826. The molecule has 2 nitrogen and oxygen atoms in total. The van der Waals surface area contributed by atoms with E-state index < -0.39 is 0 Å². The van der Waals surface area contributed by atoms with E-state index in [1.807, 2.05) is 0 Å². The van der Waals surface area contributed by atoms with Crippen molar-refractivity contribution in [2.45, 2.75) is 31.7 Å². The summed E-state index contributed by atoms with van der Waals surface area (Å²) < 4.78 is 0. The number of hydrogen-bond acceptors (Lipinski definition) is 1. The first-order chi connectivity index (χ1) is 4.43. The summed E-state index contributed by atoms with van der Waals surface area (Å²) in [5.74, 6) is 0. The minimum Gasteiger partial charge on any atom is -0.358 e. The molecule has 2 heteroatoms. The molecule has 0 aromatic carbocycles. The molecular formula is C7H17N2+. The van der Waals surface area contributed by atoms with Gasteiger partial charge >= 0.3 is 0 Å². The average Bonchev–Trinajstić information content (AvgIpc) is 2.34. The summed E-state index contributed by atoms with van der Waals surface area (Å²) >= 11 is 0. The summed E-state index contributed by atoms with van der Waals surface area (Å²) in [4.78, 5) is 0. The number of nitrogens with one attached hydrogen (secondary N) is 1. The van der Waals surface area contributed by atoms with Gasteiger partial charge in [-0.25, -0.2) is 0 Å². The van der Waals surface area contributed by atoms with E-state index in [0.29, 0.717) is 0 Å². The number of hydrogen-bond donors (Lipinski definition) is 2. The third kappa shape index (κ3) is 2.33. The van der Waals surface area contributed by atoms with E-state index in [1.165, 1.54) is 32.2 Å². The molecule has 1 atom stereocenters. The van der Waals surface area contributed by atoms with E-state index in [0.717, 1.165) is 12.6 Å². The van der Waals surface area contributed by atoms with Gasteiger partial charge < -0.3 is 11.1 Å². The highest BCUT2D eigenvalue weighted by Gasteiger charge is 2.12. The van der Waals surface area contributed by atoms with Crippen molar-refractivity contribution < 1.29 is 5.73 Å². The highest BCUT2D eigenvalue weighted by Crippen LogP contribution is 2.09. The van der Waals surface area contributed by atoms with Crippen LogP contribution in [0.5, 0.6) is 0 Å². The molecule has 0 aromatic heterocycles. The monoisotopic (exact) mass is 129 g/mol. The van der Waals surface area contributed by atoms with Gasteiger partial charge in [0.15, 0.2) is 0 Å². The smallest absolute Gasteiger partial charge is 0.0740 e. The summed E-state index contributed by atoms with van der Waals surface area (Å²) in [6.45, 7) is 2.33. The molecule has 54 valence electrons. The molecule has 0 saturated carbocycles. The maximum absolute atomic E-state index is 3.82. The molecule has 9 heavy (non-hydrogen) atoms. The minimum atomic E-state index is 0.826. The molecule has 1 aliphatic heterocycles. The van der Waals surface area contributed by atoms with Crippen molar-refractivity contribution in [2.75, 3.05) is 13.1 Å². The summed E-state index contributed by atoms with van der Waals surface area (Å²) in [5, 5.41) is 3.46. The normalized spacial score (nSPS) is 27.0. The van der Waals surface area contributed by atoms with Crippen LogP contribution in [0.2, 0.25) is 0 Å². The van der Waals surface area contributed by atoms with Gasteiger partial charge in [0.05, 0.1) is 6.54 Å². The van der Waals surface area contributed by atoms with Gasteiger partial charge in [-0.3, -0.25) is 0 Å². The van der Waals surface area contributed by atoms with E-state index in [2.05, 4.69) is 11.1 Å². The lowest BCUT2D eigenvalue weighted by atomic mass is 10.1. The fourth-order valence-corrected chi connectivity index (χ4v) is 1.39. The second-order valence-electron chi connectivity index (χ2n) is 2.79. The van der Waals surface area contributed by atoms with Crippen molar-refractivity contribution in [2.24, 2.45) is 0 Å². The molecule has 1 saturated heterocycles. The fraction of sp³-hybridized carbons (Fsp3) is 1.00. The molecule has 1 heterocycles. The first kappa shape index (κ1) is 7.03. The molecule has 0 spiro atoms. The molecule has 0 aromatic rings. The Labute approximate surface area is 56.8 Å². The van der Waals surface area contributed by atoms with Crippen LogP contribution < -0.4 is 11.1 Å². The van der Waals surface area contributed by atoms with Crippen molar-refractivity contribution >= 4 is 0 Å². The van der Waals surface area contributed by atoms with Crippen LogP contribution in [0.3, 0.4) is 0 Å². The second-order valence-corrected chi connectivity index (χ2v) is 2.79. The predicted molar refractivity (Wildman–Crippen MR) is 38.0 cm³/mol. The van der Waals surface area contributed by atoms with Crippen molar-refractivity contribution in [3.05, 3.63) is 0 Å². The molecule has 0 aliphatic carbocycles. The second kappa shape index (κ2) is 3.85. The largest absolute Gasteiger partial charge is 0.358 e. The van der Waals surface area contributed by atoms with Gasteiger partial charge in [-0.05, 0) is 32.2 Å². The third-order valence-electron chi connectivity index (χ3n) is 1.96. The lowest BCUT2D eigenvalue weighted by molar-refractivity contribution is -0.368. The molecule has 1 unspecified atom stereocenters. The maximum Gasteiger partial charge on any atom is 0.0740 e. The van der Waals surface area contributed by atoms with E-state index in [-0.39, 0.29) is 0 Å². The zero-order valence-corrected chi connectivity index (χ0v) is 6.03. The summed E-state index contributed by atoms with van der Waals surface area (Å²) in [6.07, 6.45) is 5.39. The van der Waals surface area contributed by atoms with Crippen molar-refractivity contribution in [3.8, 4) is 0 Å². The molecule has 0 amide bonds. The van der Waals surface area contributed by atoms with Gasteiger partial charge in [0, 0.05) is 6.04 Å². The highest BCUT2D eigenvalue weighted by molar-refractivity contribution is 4.73. The van der Waals surface area contributed by atoms with Gasteiger partial charge in [0.2, 0.25) is 0 Å². The molecular weight excluding hydrogens is 112 g/mol. The number of quaternary nitrogens is 1. The van der Waals surface area contributed by atoms with Gasteiger partial charge in [-0.1, -0.05) is 0 Å². The summed E-state index contributed by atoms with van der Waals surface area (Å²) in [5.41, 5.74) is 3.82. The van der Waals surface area contributed by atoms with Crippen LogP contribution in [-0.2, 0) is 0 Å². The predicted octanol–water partition coefficient (Wildman–Crippen LogP) is -0.240. The van der Waals surface area contributed by atoms with E-state index in [9.17, 15) is 0 Å². The Bertz CT molecular complexity index is 67.3. The van der Waals surface area contributed by atoms with Crippen molar-refractivity contribution in [1.29, 1.82) is 0 Å². The van der Waals surface area contributed by atoms with Gasteiger partial charge in [0.1, 0.15) is 0 Å².